The van der Waals surface area contributed by atoms with Gasteiger partial charge in [0.1, 0.15) is 0 Å². The number of carbonyl (C=O) groups is 5. The van der Waals surface area contributed by atoms with E-state index in [9.17, 15) is 49.5 Å². The first kappa shape index (κ1) is 75.4. The number of nitrogens with zero attached hydrogens (tertiary/aromatic N) is 1. The van der Waals surface area contributed by atoms with E-state index in [2.05, 4.69) is 5.32 Å². The Hall–Kier alpha value is 10.4. The molecule has 17 nitrogen and oxygen atoms in total. The number of carboxylic acids is 5. The summed E-state index contributed by atoms with van der Waals surface area (Å²) < 4.78 is 8.55. The molecule has 186 valence electrons. The minimum absolute atomic E-state index is 0. The molecule has 0 aromatic rings. The molecule has 0 amide bonds. The van der Waals surface area contributed by atoms with E-state index >= 15 is 0 Å². The van der Waals surface area contributed by atoms with Crippen LogP contribution < -0.4 is 462 Å². The van der Waals surface area contributed by atoms with Crippen LogP contribution in [0.1, 0.15) is 19.3 Å². The first-order chi connectivity index (χ1) is 14.4. The normalized spacial score (nSPS) is 9.93. The second-order valence-electron chi connectivity index (χ2n) is 6.12. The van der Waals surface area contributed by atoms with Gasteiger partial charge in [0.25, 0.3) is 0 Å². The largest absolute Gasteiger partial charge is 1.00 e. The van der Waals surface area contributed by atoms with Gasteiger partial charge in [-0.15, -0.1) is 0 Å². The van der Waals surface area contributed by atoms with Crippen LogP contribution >= 0.6 is 7.82 Å². The Labute approximate surface area is 571 Å². The zero-order valence-electron chi connectivity index (χ0n) is 24.2. The summed E-state index contributed by atoms with van der Waals surface area (Å²) in [5.74, 6) is -9.27. The van der Waals surface area contributed by atoms with Crippen LogP contribution in [0.3, 0.4) is 0 Å². The van der Waals surface area contributed by atoms with Crippen molar-refractivity contribution in [3.8, 4) is 0 Å². The molecule has 0 aromatic carbocycles. The van der Waals surface area contributed by atoms with Gasteiger partial charge in [-0.3, -0.25) is 4.90 Å². The first-order valence-corrected chi connectivity index (χ1v) is 9.81. The molecule has 0 aliphatic heterocycles. The van der Waals surface area contributed by atoms with Gasteiger partial charge in [-0.2, -0.15) is 7.82 Å². The summed E-state index contributed by atoms with van der Waals surface area (Å²) in [6, 6.07) is -1.60. The average Bonchev–Trinajstić information content (AvgIpc) is 2.53. The van der Waals surface area contributed by atoms with Crippen LogP contribution in [0.4, 0.5) is 0 Å². The number of hydrogen-bond donors (Lipinski definition) is 2. The number of rotatable bonds is 15. The van der Waals surface area contributed by atoms with Crippen molar-refractivity contribution in [3.63, 3.8) is 0 Å². The summed E-state index contributed by atoms with van der Waals surface area (Å²) in [6.45, 7) is -2.69. The van der Waals surface area contributed by atoms with Crippen LogP contribution in [0.2, 0.25) is 0 Å². The van der Waals surface area contributed by atoms with Crippen molar-refractivity contribution >= 4 is 37.7 Å². The second-order valence-corrected chi connectivity index (χ2v) is 7.01. The Kier molecular flexibility index (Phi) is 82.6. The zero-order valence-corrected chi connectivity index (χ0v) is 50.1. The van der Waals surface area contributed by atoms with E-state index in [4.69, 9.17) is 25.0 Å². The maximum Gasteiger partial charge on any atom is 1.00 e. The summed E-state index contributed by atoms with van der Waals surface area (Å²) >= 11 is 0. The maximum absolute atomic E-state index is 11.2. The molecule has 0 saturated carbocycles. The summed E-state index contributed by atoms with van der Waals surface area (Å²) in [5.41, 5.74) is 2.89. The molecule has 0 radical (unpaired) electrons. The van der Waals surface area contributed by atoms with E-state index < -0.39 is 81.6 Å². The van der Waals surface area contributed by atoms with Crippen LogP contribution in [-0.4, -0.2) is 72.5 Å². The Balaban J connectivity index is -0.0000000793. The molecule has 0 fully saturated rings. The van der Waals surface area contributed by atoms with E-state index in [0.717, 1.165) is 0 Å². The van der Waals surface area contributed by atoms with Gasteiger partial charge in [0, 0.05) is 74.9 Å². The van der Waals surface area contributed by atoms with E-state index in [1.807, 2.05) is 0 Å². The molecule has 1 atom stereocenters. The van der Waals surface area contributed by atoms with Crippen molar-refractivity contribution < 1.29 is 480 Å². The van der Waals surface area contributed by atoms with E-state index in [-0.39, 0.29) is 424 Å². The third-order valence-electron chi connectivity index (χ3n) is 3.73. The number of carbonyl (C=O) groups excluding carboxylic acids is 5. The Morgan fingerprint density at radius 1 is 0.675 bits per heavy atom. The summed E-state index contributed by atoms with van der Waals surface area (Å²) in [4.78, 5) is 81.6. The molecule has 40 heavy (non-hydrogen) atoms. The number of phosphoric acid groups is 1. The predicted molar refractivity (Wildman–Crippen MR) is 81.6 cm³/mol. The van der Waals surface area contributed by atoms with Gasteiger partial charge in [0.2, 0.25) is 0 Å². The molecule has 1 unspecified atom stereocenters. The minimum atomic E-state index is -5.39. The van der Waals surface area contributed by atoms with Crippen molar-refractivity contribution in [3.05, 3.63) is 0 Å². The molecule has 0 heterocycles. The van der Waals surface area contributed by atoms with Crippen molar-refractivity contribution in [2.24, 2.45) is 5.73 Å². The smallest absolute Gasteiger partial charge is 0.822 e. The molecule has 0 aliphatic rings. The molecule has 3 N–H and O–H groups in total. The fourth-order valence-corrected chi connectivity index (χ4v) is 2.81. The quantitative estimate of drug-likeness (QED) is 0.115. The first-order valence-electron chi connectivity index (χ1n) is 8.35. The maximum atomic E-state index is 11.2. The molecule has 0 aliphatic carbocycles. The van der Waals surface area contributed by atoms with Gasteiger partial charge in [-0.25, -0.2) is 0 Å². The topological polar surface area (TPSA) is 328 Å². The van der Waals surface area contributed by atoms with E-state index in [1.54, 1.807) is 0 Å². The monoisotopic (exact) mass is 795 g/mol. The van der Waals surface area contributed by atoms with Crippen molar-refractivity contribution in [1.29, 1.82) is 0 Å². The van der Waals surface area contributed by atoms with Crippen LogP contribution in [0.5, 0.6) is 0 Å². The number of hydrogen-bond acceptors (Lipinski definition) is 17. The molecule has 0 bridgehead atoms. The average molecular weight is 796 g/mol. The summed E-state index contributed by atoms with van der Waals surface area (Å²) in [6.07, 6.45) is -3.47. The molecular formula is C14H18K8N3O14P. The number of nitrogens with two attached hydrogens (primary N) is 1. The van der Waals surface area contributed by atoms with Crippen LogP contribution in [-0.2, 0) is 28.5 Å². The third-order valence-corrected chi connectivity index (χ3v) is 3.73. The Bertz CT molecular complexity index is 712. The predicted octanol–water partition coefficient (Wildman–Crippen LogP) is -35.9. The van der Waals surface area contributed by atoms with Gasteiger partial charge < -0.3 is 79.8 Å². The van der Waals surface area contributed by atoms with Crippen LogP contribution in [0.25, 0.3) is 0 Å². The molecule has 0 rings (SSSR count). The molecule has 26 heteroatoms. The van der Waals surface area contributed by atoms with Gasteiger partial charge in [-0.05, 0) is 0 Å². The Morgan fingerprint density at radius 2 is 0.975 bits per heavy atom. The second kappa shape index (κ2) is 43.8. The fourth-order valence-electron chi connectivity index (χ4n) is 2.81. The Morgan fingerprint density at radius 3 is 1.18 bits per heavy atom. The minimum Gasteiger partial charge on any atom is -0.822 e. The number of carboxylic acid groups (broad SMARTS) is 5. The van der Waals surface area contributed by atoms with Crippen molar-refractivity contribution in [2.75, 3.05) is 26.2 Å². The van der Waals surface area contributed by atoms with Crippen molar-refractivity contribution in [2.45, 2.75) is 30.8 Å². The molecule has 0 saturated heterocycles. The van der Waals surface area contributed by atoms with Gasteiger partial charge in [0.05, 0.1) is 11.9 Å². The number of aliphatic carboxylic acids is 5. The molecule has 0 spiro atoms. The van der Waals surface area contributed by atoms with Crippen molar-refractivity contribution in [1.82, 2.24) is 10.2 Å². The third kappa shape index (κ3) is 46.5. The molecule has 0 aromatic heterocycles. The fraction of sp³-hybridized carbons (Fsp3) is 0.643. The SMILES string of the molecule is NCCNC(CC(=O)[O-])C(CC(=O)[O-])(CC(=O)[O-])N(CC(=O)[O-])CC(=O)[O-].O=P([O-])([O-])[O-].[K+].[K+].[K+].[K+].[K+].[K+].[K+].[K+]. The number of nitrogens with one attached hydrogen (secondary N) is 1. The van der Waals surface area contributed by atoms with Crippen LogP contribution in [0.15, 0.2) is 0 Å². The van der Waals surface area contributed by atoms with Gasteiger partial charge in [-0.1, -0.05) is 0 Å². The molecular weight excluding hydrogens is 778 g/mol. The summed E-state index contributed by atoms with van der Waals surface area (Å²) in [7, 11) is -5.39. The van der Waals surface area contributed by atoms with Gasteiger partial charge >= 0.3 is 411 Å². The van der Waals surface area contributed by atoms with E-state index in [1.165, 1.54) is 0 Å². The summed E-state index contributed by atoms with van der Waals surface area (Å²) in [5, 5.41) is 58.1. The zero-order chi connectivity index (χ0) is 25.7. The van der Waals surface area contributed by atoms with Crippen LogP contribution in [0, 0.1) is 0 Å². The standard InChI is InChI=1S/C14H23N3O10.8K.H3O4P/c15-1-2-16-8(3-9(18)19)14(4-10(20)21,5-11(22)23)17(6-12(24)25)7-13(26)27;;;;;;;;;1-5(2,3)4/h8,16H,1-7,15H2,(H,18,19)(H,20,21)(H,22,23)(H,24,25)(H,26,27);;;;;;;;;(H3,1,2,3,4)/q;8*+1;/p-8. The van der Waals surface area contributed by atoms with Gasteiger partial charge in [0.15, 0.2) is 0 Å². The van der Waals surface area contributed by atoms with E-state index in [0.29, 0.717) is 4.90 Å².